The monoisotopic (exact) mass is 826 g/mol. The van der Waals surface area contributed by atoms with E-state index in [9.17, 15) is 33.6 Å². The number of nitrogens with two attached hydrogens (primary N) is 1. The van der Waals surface area contributed by atoms with Gasteiger partial charge in [0.25, 0.3) is 0 Å². The summed E-state index contributed by atoms with van der Waals surface area (Å²) in [6.45, 7) is 11.3. The Bertz CT molecular complexity index is 1750. The lowest BCUT2D eigenvalue weighted by Crippen LogP contribution is -2.59. The number of carbonyl (C=O) groups excluding carboxylic acids is 7. The van der Waals surface area contributed by atoms with Gasteiger partial charge < -0.3 is 41.2 Å². The number of benzene rings is 2. The lowest BCUT2D eigenvalue weighted by molar-refractivity contribution is -0.154. The quantitative estimate of drug-likeness (QED) is 0.0535. The second-order valence-electron chi connectivity index (χ2n) is 15.7. The third-order valence-electron chi connectivity index (χ3n) is 9.30. The Morgan fingerprint density at radius 2 is 1.53 bits per heavy atom. The third kappa shape index (κ3) is 14.7. The summed E-state index contributed by atoms with van der Waals surface area (Å²) in [6, 6.07) is 9.34. The minimum atomic E-state index is -1.27. The van der Waals surface area contributed by atoms with Gasteiger partial charge in [-0.1, -0.05) is 38.1 Å². The van der Waals surface area contributed by atoms with Crippen molar-refractivity contribution in [1.29, 1.82) is 0 Å². The van der Waals surface area contributed by atoms with Gasteiger partial charge in [0.05, 0.1) is 17.2 Å². The van der Waals surface area contributed by atoms with Crippen LogP contribution in [0.4, 0.5) is 10.5 Å². The maximum atomic E-state index is 14.1. The Morgan fingerprint density at radius 3 is 2.09 bits per heavy atom. The molecule has 0 spiro atoms. The van der Waals surface area contributed by atoms with Crippen LogP contribution < -0.4 is 31.7 Å². The highest BCUT2D eigenvalue weighted by molar-refractivity contribution is 7.19. The average Bonchev–Trinajstić information content (AvgIpc) is 3.41. The number of nitrogens with zero attached hydrogens (tertiary/aromatic N) is 1. The number of imide groups is 1. The molecule has 3 rings (SSSR count). The predicted molar refractivity (Wildman–Crippen MR) is 220 cm³/mol. The van der Waals surface area contributed by atoms with E-state index < -0.39 is 70.7 Å². The van der Waals surface area contributed by atoms with Gasteiger partial charge in [0, 0.05) is 45.2 Å². The summed E-state index contributed by atoms with van der Waals surface area (Å²) in [5, 5.41) is 10.7. The number of hydrogen-bond donors (Lipinski definition) is 5. The summed E-state index contributed by atoms with van der Waals surface area (Å²) in [6.07, 6.45) is 0.836. The Kier molecular flexibility index (Phi) is 18.1. The number of esters is 1. The van der Waals surface area contributed by atoms with Gasteiger partial charge in [-0.25, -0.2) is 4.79 Å². The lowest BCUT2D eigenvalue weighted by atomic mass is 9.97. The van der Waals surface area contributed by atoms with Crippen molar-refractivity contribution in [3.63, 3.8) is 0 Å². The van der Waals surface area contributed by atoms with Gasteiger partial charge >= 0.3 is 12.0 Å². The van der Waals surface area contributed by atoms with E-state index in [0.717, 1.165) is 4.90 Å². The molecule has 318 valence electrons. The summed E-state index contributed by atoms with van der Waals surface area (Å²) in [4.78, 5) is 92.4. The number of carbonyl (C=O) groups is 7. The number of urea groups is 1. The van der Waals surface area contributed by atoms with Crippen LogP contribution in [0.15, 0.2) is 48.5 Å². The van der Waals surface area contributed by atoms with Crippen molar-refractivity contribution in [2.75, 3.05) is 25.6 Å². The first-order chi connectivity index (χ1) is 27.3. The summed E-state index contributed by atoms with van der Waals surface area (Å²) in [7, 11) is 3.96. The van der Waals surface area contributed by atoms with Crippen LogP contribution in [-0.2, 0) is 51.3 Å². The van der Waals surface area contributed by atoms with Gasteiger partial charge in [-0.2, -0.15) is 0 Å². The maximum absolute atomic E-state index is 14.1. The van der Waals surface area contributed by atoms with Gasteiger partial charge in [-0.3, -0.25) is 33.7 Å². The fourth-order valence-electron chi connectivity index (χ4n) is 5.92. The lowest BCUT2D eigenvalue weighted by Gasteiger charge is -2.30. The number of anilines is 1. The van der Waals surface area contributed by atoms with E-state index in [4.69, 9.17) is 19.9 Å². The van der Waals surface area contributed by atoms with Gasteiger partial charge in [0.2, 0.25) is 29.5 Å². The van der Waals surface area contributed by atoms with Crippen LogP contribution in [0.5, 0.6) is 5.75 Å². The molecule has 2 aromatic carbocycles. The number of methoxy groups -OCH3 is 1. The van der Waals surface area contributed by atoms with E-state index >= 15 is 0 Å². The summed E-state index contributed by atoms with van der Waals surface area (Å²) in [5.41, 5.74) is 5.61. The van der Waals surface area contributed by atoms with E-state index in [1.165, 1.54) is 0 Å². The Labute approximate surface area is 342 Å². The maximum Gasteiger partial charge on any atom is 0.312 e. The molecular formula is C41H59N6O10P. The van der Waals surface area contributed by atoms with Crippen LogP contribution in [0.1, 0.15) is 78.4 Å². The number of nitrogens with one attached hydrogen (secondary N) is 4. The molecule has 58 heavy (non-hydrogen) atoms. The topological polar surface area (TPSA) is 225 Å². The van der Waals surface area contributed by atoms with E-state index in [0.29, 0.717) is 35.6 Å². The third-order valence-corrected chi connectivity index (χ3v) is 9.82. The molecule has 0 radical (unpaired) electrons. The van der Waals surface area contributed by atoms with Crippen molar-refractivity contribution < 1.29 is 47.8 Å². The fourth-order valence-corrected chi connectivity index (χ4v) is 6.28. The number of primary amides is 1. The van der Waals surface area contributed by atoms with Crippen LogP contribution in [0.2, 0.25) is 0 Å². The van der Waals surface area contributed by atoms with Gasteiger partial charge in [0.1, 0.15) is 30.5 Å². The second kappa shape index (κ2) is 22.2. The molecule has 7 amide bonds. The molecule has 1 saturated heterocycles. The minimum Gasteiger partial charge on any atom is -0.491 e. The van der Waals surface area contributed by atoms with Crippen molar-refractivity contribution in [2.24, 2.45) is 17.1 Å². The molecule has 16 nitrogen and oxygen atoms in total. The standard InChI is InChI=1S/C41H59N6O10P/c1-24(2)34(46-36(50)31(47-33(48)22-32(58)38(47)52)21-26-12-16-29(17-13-26)57-25(3)18-20-55-7)37(51)45-30(9-8-19-43-40(42)54)35(49)44-28-14-10-27(11-15-28)23-56-39(53)41(4,5)6/h10-17,24-25,30-32,34H,8-9,18-23,58H2,1-7H3,(H,44,49)(H,45,51)(H,46,50)(H3,42,43,54)/t25?,30-,31-,32?,34-/m0/s1. The van der Waals surface area contributed by atoms with Crippen molar-refractivity contribution in [3.05, 3.63) is 59.7 Å². The first-order valence-electron chi connectivity index (χ1n) is 19.4. The molecule has 1 aliphatic rings. The van der Waals surface area contributed by atoms with Gasteiger partial charge in [0.15, 0.2) is 0 Å². The molecule has 1 heterocycles. The molecule has 1 aliphatic heterocycles. The zero-order valence-electron chi connectivity index (χ0n) is 34.4. The van der Waals surface area contributed by atoms with Crippen molar-refractivity contribution in [3.8, 4) is 5.75 Å². The average molecular weight is 827 g/mol. The van der Waals surface area contributed by atoms with E-state index in [1.54, 1.807) is 90.3 Å². The first kappa shape index (κ1) is 47.3. The molecule has 0 aliphatic carbocycles. The van der Waals surface area contributed by atoms with Crippen LogP contribution in [0.3, 0.4) is 0 Å². The van der Waals surface area contributed by atoms with Crippen molar-refractivity contribution >= 4 is 56.5 Å². The number of likely N-dealkylation sites (tertiary alicyclic amines) is 1. The molecule has 17 heteroatoms. The van der Waals surface area contributed by atoms with E-state index in [-0.39, 0.29) is 50.9 Å². The molecule has 2 aromatic rings. The van der Waals surface area contributed by atoms with Crippen LogP contribution in [0, 0.1) is 11.3 Å². The number of hydrogen-bond acceptors (Lipinski definition) is 10. The number of amides is 7. The van der Waals surface area contributed by atoms with Gasteiger partial charge in [-0.15, -0.1) is 9.24 Å². The predicted octanol–water partition coefficient (Wildman–Crippen LogP) is 3.21. The Hall–Kier alpha value is -5.08. The minimum absolute atomic E-state index is 0.0254. The SMILES string of the molecule is COCCC(C)Oc1ccc(C[C@@H](C(=O)N[C@H](C(=O)N[C@@H](CCCNC(N)=O)C(=O)Nc2ccc(COC(=O)C(C)(C)C)cc2)C(C)C)N2C(=O)CC(P)C2=O)cc1. The van der Waals surface area contributed by atoms with Gasteiger partial charge in [-0.05, 0) is 81.8 Å². The summed E-state index contributed by atoms with van der Waals surface area (Å²) in [5.74, 6) is -3.23. The zero-order chi connectivity index (χ0) is 43.2. The molecule has 3 unspecified atom stereocenters. The number of ether oxygens (including phenoxy) is 3. The molecular weight excluding hydrogens is 767 g/mol. The van der Waals surface area contributed by atoms with Crippen LogP contribution in [0.25, 0.3) is 0 Å². The van der Waals surface area contributed by atoms with E-state index in [2.05, 4.69) is 30.5 Å². The smallest absolute Gasteiger partial charge is 0.312 e. The van der Waals surface area contributed by atoms with Crippen molar-refractivity contribution in [1.82, 2.24) is 20.9 Å². The van der Waals surface area contributed by atoms with E-state index in [1.807, 2.05) is 6.92 Å². The second-order valence-corrected chi connectivity index (χ2v) is 16.5. The Balaban J connectivity index is 1.79. The van der Waals surface area contributed by atoms with Crippen LogP contribution >= 0.6 is 9.24 Å². The summed E-state index contributed by atoms with van der Waals surface area (Å²) < 4.78 is 16.4. The number of rotatable bonds is 21. The zero-order valence-corrected chi connectivity index (χ0v) is 35.6. The first-order valence-corrected chi connectivity index (χ1v) is 20.0. The highest BCUT2D eigenvalue weighted by Gasteiger charge is 2.44. The fraction of sp³-hybridized carbons (Fsp3) is 0.537. The molecule has 1 fully saturated rings. The summed E-state index contributed by atoms with van der Waals surface area (Å²) >= 11 is 0. The van der Waals surface area contributed by atoms with Crippen molar-refractivity contribution in [2.45, 2.75) is 110 Å². The molecule has 0 saturated carbocycles. The Morgan fingerprint density at radius 1 is 0.897 bits per heavy atom. The molecule has 0 aromatic heterocycles. The molecule has 0 bridgehead atoms. The van der Waals surface area contributed by atoms with Crippen LogP contribution in [-0.4, -0.2) is 96.6 Å². The highest BCUT2D eigenvalue weighted by atomic mass is 31.0. The normalized spacial score (nSPS) is 16.2. The highest BCUT2D eigenvalue weighted by Crippen LogP contribution is 2.26. The molecule has 6 atom stereocenters. The largest absolute Gasteiger partial charge is 0.491 e. The molecule has 6 N–H and O–H groups in total.